The van der Waals surface area contributed by atoms with Crippen LogP contribution in [0.5, 0.6) is 0 Å². The van der Waals surface area contributed by atoms with E-state index in [-0.39, 0.29) is 16.5 Å². The Kier molecular flexibility index (Phi) is 2.07. The van der Waals surface area contributed by atoms with Crippen molar-refractivity contribution in [3.63, 3.8) is 0 Å². The van der Waals surface area contributed by atoms with Crippen molar-refractivity contribution < 1.29 is 4.74 Å². The highest BCUT2D eigenvalue weighted by Gasteiger charge is 2.62. The molecule has 5 heteroatoms. The van der Waals surface area contributed by atoms with Gasteiger partial charge < -0.3 is 20.4 Å². The first-order chi connectivity index (χ1) is 9.19. The molecule has 0 atom stereocenters. The lowest BCUT2D eigenvalue weighted by atomic mass is 9.66. The largest absolute Gasteiger partial charge is 0.379 e. The average molecular weight is 259 g/mol. The van der Waals surface area contributed by atoms with Crippen molar-refractivity contribution in [1.82, 2.24) is 9.97 Å². The fraction of sp³-hybridized carbons (Fsp3) is 0.500. The van der Waals surface area contributed by atoms with Crippen molar-refractivity contribution in [1.29, 1.82) is 0 Å². The van der Waals surface area contributed by atoms with Gasteiger partial charge in [-0.15, -0.1) is 0 Å². The van der Waals surface area contributed by atoms with Crippen LogP contribution in [-0.2, 0) is 10.2 Å². The lowest BCUT2D eigenvalue weighted by Gasteiger charge is -2.48. The Morgan fingerprint density at radius 1 is 1.21 bits per heavy atom. The van der Waals surface area contributed by atoms with Crippen LogP contribution in [0.15, 0.2) is 23.0 Å². The van der Waals surface area contributed by atoms with Gasteiger partial charge in [0.15, 0.2) is 0 Å². The molecule has 1 aromatic heterocycles. The molecule has 4 rings (SSSR count). The van der Waals surface area contributed by atoms with Crippen LogP contribution in [0, 0.1) is 5.41 Å². The molecule has 1 saturated carbocycles. The van der Waals surface area contributed by atoms with Crippen molar-refractivity contribution in [3.8, 4) is 0 Å². The van der Waals surface area contributed by atoms with E-state index in [9.17, 15) is 4.79 Å². The maximum Gasteiger partial charge on any atom is 0.323 e. The number of hydrogen-bond acceptors (Lipinski definition) is 3. The van der Waals surface area contributed by atoms with Crippen LogP contribution in [0.2, 0.25) is 0 Å². The summed E-state index contributed by atoms with van der Waals surface area (Å²) in [6, 6.07) is 6.14. The number of benzene rings is 1. The van der Waals surface area contributed by atoms with Crippen LogP contribution in [0.3, 0.4) is 0 Å². The molecule has 0 unspecified atom stereocenters. The first kappa shape index (κ1) is 11.3. The zero-order valence-corrected chi connectivity index (χ0v) is 10.7. The van der Waals surface area contributed by atoms with Gasteiger partial charge in [0.05, 0.1) is 24.2 Å². The molecule has 2 aromatic rings. The summed E-state index contributed by atoms with van der Waals surface area (Å²) in [6.07, 6.45) is 2.35. The molecule has 1 aromatic carbocycles. The second kappa shape index (κ2) is 3.49. The van der Waals surface area contributed by atoms with Crippen LogP contribution in [0.1, 0.15) is 18.4 Å². The van der Waals surface area contributed by atoms with Crippen LogP contribution >= 0.6 is 0 Å². The Morgan fingerprint density at radius 2 is 1.95 bits per heavy atom. The number of imidazole rings is 1. The SMILES string of the molecule is NCC1(C2(c3ccc4[nH]c(=O)[nH]c4c3)COC2)CC1. The monoisotopic (exact) mass is 259 g/mol. The van der Waals surface area contributed by atoms with E-state index in [0.29, 0.717) is 6.54 Å². The van der Waals surface area contributed by atoms with Crippen molar-refractivity contribution in [2.75, 3.05) is 19.8 Å². The molecule has 2 fully saturated rings. The number of fused-ring (bicyclic) bond motifs is 1. The normalized spacial score (nSPS) is 23.2. The number of aromatic amines is 2. The van der Waals surface area contributed by atoms with E-state index in [1.165, 1.54) is 18.4 Å². The third kappa shape index (κ3) is 1.34. The van der Waals surface area contributed by atoms with E-state index >= 15 is 0 Å². The fourth-order valence-electron chi connectivity index (χ4n) is 3.44. The summed E-state index contributed by atoms with van der Waals surface area (Å²) < 4.78 is 5.50. The summed E-state index contributed by atoms with van der Waals surface area (Å²) in [5.41, 5.74) is 9.04. The van der Waals surface area contributed by atoms with Gasteiger partial charge in [0.25, 0.3) is 0 Å². The highest BCUT2D eigenvalue weighted by atomic mass is 16.5. The zero-order chi connectivity index (χ0) is 13.1. The molecule has 0 bridgehead atoms. The highest BCUT2D eigenvalue weighted by molar-refractivity contribution is 5.75. The molecule has 5 nitrogen and oxygen atoms in total. The minimum absolute atomic E-state index is 0.0457. The van der Waals surface area contributed by atoms with Gasteiger partial charge in [0.1, 0.15) is 0 Å². The molecule has 0 radical (unpaired) electrons. The molecule has 4 N–H and O–H groups in total. The number of hydrogen-bond donors (Lipinski definition) is 3. The predicted octanol–water partition coefficient (Wildman–Crippen LogP) is 0.863. The molecule has 1 aliphatic heterocycles. The lowest BCUT2D eigenvalue weighted by Crippen LogP contribution is -2.55. The Hall–Kier alpha value is -1.59. The van der Waals surface area contributed by atoms with Crippen molar-refractivity contribution in [2.45, 2.75) is 18.3 Å². The number of nitrogens with two attached hydrogens (primary N) is 1. The first-order valence-electron chi connectivity index (χ1n) is 6.70. The quantitative estimate of drug-likeness (QED) is 0.764. The smallest absolute Gasteiger partial charge is 0.323 e. The maximum absolute atomic E-state index is 11.3. The third-order valence-electron chi connectivity index (χ3n) is 5.02. The van der Waals surface area contributed by atoms with Crippen molar-refractivity contribution in [3.05, 3.63) is 34.2 Å². The average Bonchev–Trinajstić information content (AvgIpc) is 3.04. The van der Waals surface area contributed by atoms with E-state index in [0.717, 1.165) is 24.2 Å². The lowest BCUT2D eigenvalue weighted by molar-refractivity contribution is -0.0972. The van der Waals surface area contributed by atoms with Crippen molar-refractivity contribution >= 4 is 11.0 Å². The molecule has 100 valence electrons. The Bertz CT molecular complexity index is 692. The minimum atomic E-state index is -0.161. The minimum Gasteiger partial charge on any atom is -0.379 e. The number of aromatic nitrogens is 2. The van der Waals surface area contributed by atoms with Crippen LogP contribution < -0.4 is 11.4 Å². The van der Waals surface area contributed by atoms with Gasteiger partial charge in [0.2, 0.25) is 0 Å². The predicted molar refractivity (Wildman–Crippen MR) is 72.1 cm³/mol. The first-order valence-corrected chi connectivity index (χ1v) is 6.70. The van der Waals surface area contributed by atoms with Gasteiger partial charge in [-0.3, -0.25) is 0 Å². The van der Waals surface area contributed by atoms with E-state index in [1.807, 2.05) is 6.07 Å². The standard InChI is InChI=1S/C14H17N3O2/c15-6-13(3-4-13)14(7-19-8-14)9-1-2-10-11(5-9)17-12(18)16-10/h1-2,5H,3-4,6-8,15H2,(H2,16,17,18). The van der Waals surface area contributed by atoms with Gasteiger partial charge in [0, 0.05) is 5.41 Å². The van der Waals surface area contributed by atoms with Gasteiger partial charge in [-0.1, -0.05) is 6.07 Å². The van der Waals surface area contributed by atoms with Gasteiger partial charge in [-0.2, -0.15) is 0 Å². The molecule has 1 saturated heterocycles. The second-order valence-corrected chi connectivity index (χ2v) is 5.90. The zero-order valence-electron chi connectivity index (χ0n) is 10.7. The molecule has 0 spiro atoms. The van der Waals surface area contributed by atoms with E-state index in [1.54, 1.807) is 0 Å². The summed E-state index contributed by atoms with van der Waals surface area (Å²) in [6.45, 7) is 2.19. The van der Waals surface area contributed by atoms with Crippen LogP contribution in [-0.4, -0.2) is 29.7 Å². The van der Waals surface area contributed by atoms with Gasteiger partial charge >= 0.3 is 5.69 Å². The second-order valence-electron chi connectivity index (χ2n) is 5.90. The Morgan fingerprint density at radius 3 is 2.53 bits per heavy atom. The van der Waals surface area contributed by atoms with E-state index in [4.69, 9.17) is 10.5 Å². The maximum atomic E-state index is 11.3. The Balaban J connectivity index is 1.86. The summed E-state index contributed by atoms with van der Waals surface area (Å²) in [5.74, 6) is 0. The van der Waals surface area contributed by atoms with Crippen molar-refractivity contribution in [2.24, 2.45) is 11.1 Å². The van der Waals surface area contributed by atoms with E-state index < -0.39 is 0 Å². The summed E-state index contributed by atoms with van der Waals surface area (Å²) in [7, 11) is 0. The molecule has 19 heavy (non-hydrogen) atoms. The molecule has 2 heterocycles. The summed E-state index contributed by atoms with van der Waals surface area (Å²) in [4.78, 5) is 16.9. The highest BCUT2D eigenvalue weighted by Crippen LogP contribution is 2.61. The number of ether oxygens (including phenoxy) is 1. The molecular formula is C14H17N3O2. The number of H-pyrrole nitrogens is 2. The fourth-order valence-corrected chi connectivity index (χ4v) is 3.44. The summed E-state index contributed by atoms with van der Waals surface area (Å²) in [5, 5.41) is 0. The van der Waals surface area contributed by atoms with Gasteiger partial charge in [-0.05, 0) is 42.5 Å². The number of nitrogens with one attached hydrogen (secondary N) is 2. The molecule has 0 amide bonds. The van der Waals surface area contributed by atoms with Gasteiger partial charge in [-0.25, -0.2) is 4.79 Å². The molecule has 2 aliphatic rings. The van der Waals surface area contributed by atoms with E-state index in [2.05, 4.69) is 22.1 Å². The molecule has 1 aliphatic carbocycles. The van der Waals surface area contributed by atoms with Crippen LogP contribution in [0.25, 0.3) is 11.0 Å². The third-order valence-corrected chi connectivity index (χ3v) is 5.02. The summed E-state index contributed by atoms with van der Waals surface area (Å²) >= 11 is 0. The Labute approximate surface area is 110 Å². The number of rotatable bonds is 3. The molecular weight excluding hydrogens is 242 g/mol. The topological polar surface area (TPSA) is 83.9 Å². The van der Waals surface area contributed by atoms with Crippen LogP contribution in [0.4, 0.5) is 0 Å².